The maximum Gasteiger partial charge on any atom is 0.410 e. The Balaban J connectivity index is 1.27. The Morgan fingerprint density at radius 2 is 1.68 bits per heavy atom. The SMILES string of the molecule is Cn1cc(-c2cccc(-c3ncc(-c4cnn(C5CCN(C(=O)OC(C)(C)C)CC5F)c4)cn3)c2)cn1. The van der Waals surface area contributed by atoms with E-state index in [4.69, 9.17) is 4.74 Å². The average molecular weight is 504 g/mol. The summed E-state index contributed by atoms with van der Waals surface area (Å²) in [5.41, 5.74) is 3.95. The lowest BCUT2D eigenvalue weighted by atomic mass is 10.0. The van der Waals surface area contributed by atoms with E-state index in [-0.39, 0.29) is 6.54 Å². The molecule has 4 aromatic rings. The van der Waals surface area contributed by atoms with Crippen molar-refractivity contribution in [3.05, 3.63) is 61.4 Å². The number of amides is 1. The molecule has 3 aromatic heterocycles. The molecule has 1 aliphatic rings. The Bertz CT molecular complexity index is 1390. The lowest BCUT2D eigenvalue weighted by Crippen LogP contribution is -2.47. The summed E-state index contributed by atoms with van der Waals surface area (Å²) in [6.45, 7) is 5.78. The van der Waals surface area contributed by atoms with Gasteiger partial charge >= 0.3 is 6.09 Å². The Morgan fingerprint density at radius 3 is 2.35 bits per heavy atom. The van der Waals surface area contributed by atoms with Gasteiger partial charge in [-0.05, 0) is 38.8 Å². The molecule has 1 saturated heterocycles. The second-order valence-corrected chi connectivity index (χ2v) is 10.3. The number of ether oxygens (including phenoxy) is 1. The van der Waals surface area contributed by atoms with Crippen LogP contribution in [0.15, 0.2) is 61.4 Å². The molecule has 4 heterocycles. The number of alkyl halides is 1. The van der Waals surface area contributed by atoms with Crippen LogP contribution in [-0.4, -0.2) is 65.4 Å². The summed E-state index contributed by atoms with van der Waals surface area (Å²) in [6.07, 6.45) is 9.49. The molecule has 1 fully saturated rings. The van der Waals surface area contributed by atoms with Crippen molar-refractivity contribution in [1.82, 2.24) is 34.4 Å². The zero-order valence-corrected chi connectivity index (χ0v) is 21.4. The molecule has 0 bridgehead atoms. The minimum Gasteiger partial charge on any atom is -0.444 e. The summed E-state index contributed by atoms with van der Waals surface area (Å²) in [6, 6.07) is 7.55. The number of nitrogens with zero attached hydrogens (tertiary/aromatic N) is 7. The van der Waals surface area contributed by atoms with E-state index in [9.17, 15) is 4.79 Å². The third-order valence-electron chi connectivity index (χ3n) is 6.24. The van der Waals surface area contributed by atoms with Crippen LogP contribution in [0.5, 0.6) is 0 Å². The number of carbonyl (C=O) groups excluding carboxylic acids is 1. The van der Waals surface area contributed by atoms with Crippen molar-refractivity contribution in [2.24, 2.45) is 7.05 Å². The third kappa shape index (κ3) is 5.52. The predicted octanol–water partition coefficient (Wildman–Crippen LogP) is 4.93. The van der Waals surface area contributed by atoms with Crippen LogP contribution in [-0.2, 0) is 11.8 Å². The lowest BCUT2D eigenvalue weighted by molar-refractivity contribution is 0.00576. The number of hydrogen-bond donors (Lipinski definition) is 0. The van der Waals surface area contributed by atoms with Gasteiger partial charge in [-0.3, -0.25) is 9.36 Å². The van der Waals surface area contributed by atoms with Crippen molar-refractivity contribution in [3.8, 4) is 33.6 Å². The first kappa shape index (κ1) is 24.6. The molecule has 0 saturated carbocycles. The van der Waals surface area contributed by atoms with Crippen LogP contribution in [0.1, 0.15) is 33.2 Å². The predicted molar refractivity (Wildman–Crippen MR) is 137 cm³/mol. The van der Waals surface area contributed by atoms with E-state index in [0.29, 0.717) is 18.8 Å². The van der Waals surface area contributed by atoms with Crippen molar-refractivity contribution in [1.29, 1.82) is 0 Å². The number of aryl methyl sites for hydroxylation is 1. The standard InChI is InChI=1S/C27H30FN7O2/c1-27(2,3)37-26(36)34-9-8-24(23(28)17-34)35-16-22(14-32-35)20-11-29-25(30-12-20)19-7-5-6-18(10-19)21-13-31-33(4)15-21/h5-7,10-16,23-24H,8-9,17H2,1-4H3. The minimum absolute atomic E-state index is 0.0231. The molecular formula is C27H30FN7O2. The average Bonchev–Trinajstić information content (AvgIpc) is 3.53. The van der Waals surface area contributed by atoms with E-state index in [1.54, 1.807) is 48.7 Å². The Hall–Kier alpha value is -4.08. The first-order valence-electron chi connectivity index (χ1n) is 12.2. The normalized spacial score (nSPS) is 18.1. The molecule has 10 heteroatoms. The number of piperidine rings is 1. The van der Waals surface area contributed by atoms with Crippen molar-refractivity contribution < 1.29 is 13.9 Å². The van der Waals surface area contributed by atoms with Gasteiger partial charge in [-0.1, -0.05) is 18.2 Å². The van der Waals surface area contributed by atoms with Gasteiger partial charge in [0.25, 0.3) is 0 Å². The molecule has 0 aliphatic carbocycles. The Kier molecular flexibility index (Phi) is 6.49. The first-order chi connectivity index (χ1) is 17.7. The number of likely N-dealkylation sites (tertiary alicyclic amines) is 1. The van der Waals surface area contributed by atoms with Gasteiger partial charge in [0, 0.05) is 60.6 Å². The molecule has 2 atom stereocenters. The highest BCUT2D eigenvalue weighted by molar-refractivity contribution is 5.70. The molecule has 2 unspecified atom stereocenters. The summed E-state index contributed by atoms with van der Waals surface area (Å²) in [7, 11) is 1.89. The fourth-order valence-electron chi connectivity index (χ4n) is 4.39. The molecule has 5 rings (SSSR count). The van der Waals surface area contributed by atoms with Crippen molar-refractivity contribution in [3.63, 3.8) is 0 Å². The van der Waals surface area contributed by atoms with Crippen molar-refractivity contribution in [2.75, 3.05) is 13.1 Å². The van der Waals surface area contributed by atoms with Crippen LogP contribution in [0.4, 0.5) is 9.18 Å². The summed E-state index contributed by atoms with van der Waals surface area (Å²) < 4.78 is 23.8. The van der Waals surface area contributed by atoms with Gasteiger partial charge in [0.15, 0.2) is 5.82 Å². The van der Waals surface area contributed by atoms with E-state index in [0.717, 1.165) is 27.8 Å². The maximum absolute atomic E-state index is 15.0. The fraction of sp³-hybridized carbons (Fsp3) is 0.370. The number of benzene rings is 1. The van der Waals surface area contributed by atoms with E-state index >= 15 is 4.39 Å². The molecular weight excluding hydrogens is 473 g/mol. The van der Waals surface area contributed by atoms with E-state index in [2.05, 4.69) is 20.2 Å². The van der Waals surface area contributed by atoms with E-state index < -0.39 is 23.9 Å². The van der Waals surface area contributed by atoms with Crippen molar-refractivity contribution >= 4 is 6.09 Å². The zero-order chi connectivity index (χ0) is 26.2. The van der Waals surface area contributed by atoms with Gasteiger partial charge in [0.2, 0.25) is 0 Å². The topological polar surface area (TPSA) is 91.0 Å². The van der Waals surface area contributed by atoms with Gasteiger partial charge in [-0.2, -0.15) is 10.2 Å². The molecule has 0 spiro atoms. The lowest BCUT2D eigenvalue weighted by Gasteiger charge is -2.35. The number of rotatable bonds is 4. The molecule has 1 aromatic carbocycles. The van der Waals surface area contributed by atoms with Gasteiger partial charge in [0.05, 0.1) is 25.0 Å². The van der Waals surface area contributed by atoms with Crippen LogP contribution < -0.4 is 0 Å². The van der Waals surface area contributed by atoms with Gasteiger partial charge in [-0.25, -0.2) is 19.2 Å². The quantitative estimate of drug-likeness (QED) is 0.392. The molecule has 192 valence electrons. The summed E-state index contributed by atoms with van der Waals surface area (Å²) in [5, 5.41) is 8.64. The first-order valence-corrected chi connectivity index (χ1v) is 12.2. The highest BCUT2D eigenvalue weighted by Gasteiger charge is 2.35. The zero-order valence-electron chi connectivity index (χ0n) is 21.4. The maximum atomic E-state index is 15.0. The number of hydrogen-bond acceptors (Lipinski definition) is 6. The van der Waals surface area contributed by atoms with Gasteiger partial charge in [-0.15, -0.1) is 0 Å². The largest absolute Gasteiger partial charge is 0.444 e. The third-order valence-corrected chi connectivity index (χ3v) is 6.24. The van der Waals surface area contributed by atoms with Crippen molar-refractivity contribution in [2.45, 2.75) is 45.0 Å². The number of aromatic nitrogens is 6. The van der Waals surface area contributed by atoms with Gasteiger partial charge < -0.3 is 9.64 Å². The molecule has 37 heavy (non-hydrogen) atoms. The molecule has 1 aliphatic heterocycles. The highest BCUT2D eigenvalue weighted by Crippen LogP contribution is 2.29. The highest BCUT2D eigenvalue weighted by atomic mass is 19.1. The molecule has 9 nitrogen and oxygen atoms in total. The van der Waals surface area contributed by atoms with E-state index in [1.165, 1.54) is 4.90 Å². The Labute approximate surface area is 214 Å². The minimum atomic E-state index is -1.25. The fourth-order valence-corrected chi connectivity index (χ4v) is 4.39. The van der Waals surface area contributed by atoms with Crippen LogP contribution in [0.25, 0.3) is 33.6 Å². The summed E-state index contributed by atoms with van der Waals surface area (Å²) in [4.78, 5) is 22.9. The van der Waals surface area contributed by atoms with Gasteiger partial charge in [0.1, 0.15) is 11.8 Å². The van der Waals surface area contributed by atoms with Crippen LogP contribution in [0.3, 0.4) is 0 Å². The summed E-state index contributed by atoms with van der Waals surface area (Å²) in [5.74, 6) is 0.611. The summed E-state index contributed by atoms with van der Waals surface area (Å²) >= 11 is 0. The second-order valence-electron chi connectivity index (χ2n) is 10.3. The molecule has 0 radical (unpaired) electrons. The molecule has 1 amide bonds. The smallest absolute Gasteiger partial charge is 0.410 e. The Morgan fingerprint density at radius 1 is 0.973 bits per heavy atom. The monoisotopic (exact) mass is 503 g/mol. The van der Waals surface area contributed by atoms with Crippen LogP contribution in [0, 0.1) is 0 Å². The van der Waals surface area contributed by atoms with Crippen LogP contribution >= 0.6 is 0 Å². The van der Waals surface area contributed by atoms with Crippen LogP contribution in [0.2, 0.25) is 0 Å². The molecule has 0 N–H and O–H groups in total. The second kappa shape index (κ2) is 9.76. The number of carbonyl (C=O) groups is 1. The van der Waals surface area contributed by atoms with E-state index in [1.807, 2.05) is 49.9 Å². The number of halogens is 1.